The summed E-state index contributed by atoms with van der Waals surface area (Å²) in [5.41, 5.74) is 7.35. The fraction of sp³-hybridized carbons (Fsp3) is 0.474. The summed E-state index contributed by atoms with van der Waals surface area (Å²) in [7, 11) is 0. The fourth-order valence-electron chi connectivity index (χ4n) is 4.78. The molecule has 0 spiro atoms. The van der Waals surface area contributed by atoms with Gasteiger partial charge in [-0.1, -0.05) is 320 Å². The first kappa shape index (κ1) is 65.2. The van der Waals surface area contributed by atoms with Gasteiger partial charge in [-0.3, -0.25) is 0 Å². The van der Waals surface area contributed by atoms with Crippen LogP contribution in [0.3, 0.4) is 0 Å². The highest BCUT2D eigenvalue weighted by Crippen LogP contribution is 2.30. The zero-order chi connectivity index (χ0) is 46.0. The van der Waals surface area contributed by atoms with E-state index in [1.165, 1.54) is 59.9 Å². The molecule has 0 aromatic heterocycles. The van der Waals surface area contributed by atoms with Crippen molar-refractivity contribution < 1.29 is 0 Å². The lowest BCUT2D eigenvalue weighted by atomic mass is 9.76. The predicted octanol–water partition coefficient (Wildman–Crippen LogP) is 20.3. The Balaban J connectivity index is -0.000000207. The molecule has 0 radical (unpaired) electrons. The minimum absolute atomic E-state index is 0.350. The van der Waals surface area contributed by atoms with E-state index >= 15 is 0 Å². The van der Waals surface area contributed by atoms with Crippen molar-refractivity contribution in [2.24, 2.45) is 11.3 Å². The van der Waals surface area contributed by atoms with E-state index < -0.39 is 0 Å². The van der Waals surface area contributed by atoms with Gasteiger partial charge in [-0.25, -0.2) is 0 Å². The zero-order valence-corrected chi connectivity index (χ0v) is 44.3. The van der Waals surface area contributed by atoms with Gasteiger partial charge < -0.3 is 0 Å². The Hall–Kier alpha value is -2.94. The van der Waals surface area contributed by atoms with Crippen molar-refractivity contribution in [3.8, 4) is 0 Å². The van der Waals surface area contributed by atoms with Crippen molar-refractivity contribution in [2.75, 3.05) is 0 Å². The third kappa shape index (κ3) is 41.6. The maximum atomic E-state index is 3.36. The molecule has 5 rings (SSSR count). The lowest BCUT2D eigenvalue weighted by molar-refractivity contribution is 0.306. The number of benzene rings is 5. The molecule has 0 saturated carbocycles. The van der Waals surface area contributed by atoms with E-state index in [9.17, 15) is 0 Å². The first-order valence-electron chi connectivity index (χ1n) is 23.1. The molecule has 5 aromatic carbocycles. The largest absolute Gasteiger partial charge is 0.0876 e. The van der Waals surface area contributed by atoms with Crippen molar-refractivity contribution in [2.45, 2.75) is 166 Å². The summed E-state index contributed by atoms with van der Waals surface area (Å²) < 4.78 is 0. The van der Waals surface area contributed by atoms with E-state index in [0.717, 1.165) is 29.4 Å². The van der Waals surface area contributed by atoms with Crippen LogP contribution in [0.5, 0.6) is 0 Å². The van der Waals surface area contributed by atoms with Crippen LogP contribution in [0.4, 0.5) is 0 Å². The van der Waals surface area contributed by atoms with Crippen LogP contribution < -0.4 is 0 Å². The summed E-state index contributed by atoms with van der Waals surface area (Å²) in [6, 6.07) is 52.9. The van der Waals surface area contributed by atoms with Gasteiger partial charge in [0.25, 0.3) is 0 Å². The van der Waals surface area contributed by atoms with Crippen LogP contribution in [-0.4, -0.2) is 0 Å². The van der Waals surface area contributed by atoms with Gasteiger partial charge >= 0.3 is 0 Å². The van der Waals surface area contributed by atoms with Gasteiger partial charge in [0.15, 0.2) is 0 Å². The van der Waals surface area contributed by atoms with Crippen LogP contribution in [0.15, 0.2) is 152 Å². The molecular formula is C57H92Br2. The fourth-order valence-corrected chi connectivity index (χ4v) is 5.53. The van der Waals surface area contributed by atoms with Crippen molar-refractivity contribution in [1.82, 2.24) is 0 Å². The molecule has 0 aliphatic rings. The Kier molecular flexibility index (Phi) is 58.6. The van der Waals surface area contributed by atoms with Gasteiger partial charge in [0.05, 0.1) is 0 Å². The van der Waals surface area contributed by atoms with E-state index in [2.05, 4.69) is 189 Å². The highest BCUT2D eigenvalue weighted by molar-refractivity contribution is 9.08. The van der Waals surface area contributed by atoms with E-state index in [1.54, 1.807) is 0 Å². The normalized spacial score (nSPS) is 9.39. The topological polar surface area (TPSA) is 0 Å². The first-order chi connectivity index (χ1) is 28.8. The summed E-state index contributed by atoms with van der Waals surface area (Å²) >= 11 is 6.71. The molecular weight excluding hydrogens is 844 g/mol. The Morgan fingerprint density at radius 1 is 0.390 bits per heavy atom. The van der Waals surface area contributed by atoms with E-state index in [4.69, 9.17) is 0 Å². The molecule has 0 heterocycles. The lowest BCUT2D eigenvalue weighted by Gasteiger charge is -2.28. The van der Waals surface area contributed by atoms with Gasteiger partial charge in [-0.2, -0.15) is 0 Å². The first-order valence-corrected chi connectivity index (χ1v) is 25.4. The summed E-state index contributed by atoms with van der Waals surface area (Å²) in [5.74, 6) is 0.817. The van der Waals surface area contributed by atoms with Gasteiger partial charge in [0, 0.05) is 10.7 Å². The van der Waals surface area contributed by atoms with Crippen molar-refractivity contribution >= 4 is 31.9 Å². The molecule has 0 aliphatic carbocycles. The van der Waals surface area contributed by atoms with E-state index in [1.807, 2.05) is 106 Å². The minimum atomic E-state index is 0.350. The van der Waals surface area contributed by atoms with Gasteiger partial charge in [0.1, 0.15) is 0 Å². The van der Waals surface area contributed by atoms with E-state index in [-0.39, 0.29) is 0 Å². The van der Waals surface area contributed by atoms with Crippen LogP contribution in [0.2, 0.25) is 0 Å². The molecule has 59 heavy (non-hydrogen) atoms. The van der Waals surface area contributed by atoms with Crippen LogP contribution in [0, 0.1) is 11.3 Å². The van der Waals surface area contributed by atoms with Gasteiger partial charge in [-0.05, 0) is 58.4 Å². The summed E-state index contributed by atoms with van der Waals surface area (Å²) in [6.07, 6.45) is 8.64. The smallest absolute Gasteiger partial charge is 0.0283 e. The SMILES string of the molecule is BrCc1ccccc1.BrCc1ccccc1.CC.CC.CC.CC.CC.CCC(C)(Cc1ccccc1)Cc1ccccc1.CCC(C)Cc1ccccc1.CCCC. The maximum Gasteiger partial charge on any atom is 0.0283 e. The number of hydrogen-bond acceptors (Lipinski definition) is 0. The van der Waals surface area contributed by atoms with Gasteiger partial charge in [-0.15, -0.1) is 0 Å². The maximum absolute atomic E-state index is 3.36. The number of unbranched alkanes of at least 4 members (excludes halogenated alkanes) is 1. The number of hydrogen-bond donors (Lipinski definition) is 0. The summed E-state index contributed by atoms with van der Waals surface area (Å²) in [5, 5.41) is 1.90. The monoisotopic (exact) mass is 935 g/mol. The average molecular weight is 937 g/mol. The molecule has 1 atom stereocenters. The van der Waals surface area contributed by atoms with Crippen molar-refractivity contribution in [3.05, 3.63) is 179 Å². The lowest BCUT2D eigenvalue weighted by Crippen LogP contribution is -2.21. The number of alkyl halides is 2. The Bertz CT molecular complexity index is 1310. The molecule has 0 bridgehead atoms. The Morgan fingerprint density at radius 2 is 0.627 bits per heavy atom. The molecule has 0 amide bonds. The molecule has 0 nitrogen and oxygen atoms in total. The molecule has 0 aliphatic heterocycles. The molecule has 5 aromatic rings. The third-order valence-electron chi connectivity index (χ3n) is 8.42. The molecule has 334 valence electrons. The van der Waals surface area contributed by atoms with Crippen LogP contribution >= 0.6 is 31.9 Å². The average Bonchev–Trinajstić information content (AvgIpc) is 3.34. The molecule has 0 saturated heterocycles. The molecule has 2 heteroatoms. The second kappa shape index (κ2) is 53.1. The second-order valence-electron chi connectivity index (χ2n) is 12.9. The zero-order valence-electron chi connectivity index (χ0n) is 41.1. The Morgan fingerprint density at radius 3 is 0.814 bits per heavy atom. The quantitative estimate of drug-likeness (QED) is 0.116. The predicted molar refractivity (Wildman–Crippen MR) is 284 cm³/mol. The summed E-state index contributed by atoms with van der Waals surface area (Å²) in [4.78, 5) is 0. The molecule has 0 N–H and O–H groups in total. The van der Waals surface area contributed by atoms with Crippen molar-refractivity contribution in [3.63, 3.8) is 0 Å². The number of halogens is 2. The van der Waals surface area contributed by atoms with Crippen molar-refractivity contribution in [1.29, 1.82) is 0 Å². The Labute approximate surface area is 386 Å². The summed E-state index contributed by atoms with van der Waals surface area (Å²) in [6.45, 7) is 33.6. The molecule has 0 fully saturated rings. The van der Waals surface area contributed by atoms with Crippen LogP contribution in [0.25, 0.3) is 0 Å². The third-order valence-corrected chi connectivity index (χ3v) is 9.71. The number of rotatable bonds is 11. The standard InChI is InChI=1S/C18H22.C11H16.2C7H7Br.C4H10.5C2H6/c1-3-18(2,14-16-10-6-4-7-11-16)15-17-12-8-5-9-13-17;1-3-10(2)9-11-7-5-4-6-8-11;2*8-6-7-4-2-1-3-5-7;1-3-4-2;5*1-2/h4-13H,3,14-15H2,1-2H3;4-8,10H,3,9H2,1-2H3;2*1-5H,6H2;3-4H2,1-2H3;5*1-2H3. The highest BCUT2D eigenvalue weighted by atomic mass is 79.9. The second-order valence-corrected chi connectivity index (χ2v) is 14.1. The molecule has 1 unspecified atom stereocenters. The highest BCUT2D eigenvalue weighted by Gasteiger charge is 2.22. The van der Waals surface area contributed by atoms with Gasteiger partial charge in [0.2, 0.25) is 0 Å². The van der Waals surface area contributed by atoms with Crippen LogP contribution in [0.1, 0.15) is 164 Å². The minimum Gasteiger partial charge on any atom is -0.0876 e. The van der Waals surface area contributed by atoms with Crippen LogP contribution in [-0.2, 0) is 29.9 Å². The van der Waals surface area contributed by atoms with E-state index in [0.29, 0.717) is 5.41 Å².